The molecule has 0 aliphatic carbocycles. The molecule has 0 bridgehead atoms. The fourth-order valence-corrected chi connectivity index (χ4v) is 3.00. The average Bonchev–Trinajstić information content (AvgIpc) is 2.67. The Bertz CT molecular complexity index is 877. The molecule has 1 aromatic heterocycles. The smallest absolute Gasteiger partial charge is 0.245 e. The van der Waals surface area contributed by atoms with Crippen molar-refractivity contribution >= 4 is 28.6 Å². The number of amidine groups is 1. The van der Waals surface area contributed by atoms with E-state index >= 15 is 0 Å². The number of anilines is 1. The third-order valence-corrected chi connectivity index (χ3v) is 4.38. The highest BCUT2D eigenvalue weighted by atomic mass is 32.2. The van der Waals surface area contributed by atoms with E-state index in [1.54, 1.807) is 11.8 Å². The zero-order valence-corrected chi connectivity index (χ0v) is 16.6. The molecule has 2 aromatic carbocycles. The molecule has 0 aliphatic heterocycles. The van der Waals surface area contributed by atoms with Crippen LogP contribution >= 0.6 is 11.8 Å². The highest BCUT2D eigenvalue weighted by Crippen LogP contribution is 2.16. The second-order valence-corrected chi connectivity index (χ2v) is 6.89. The molecule has 0 spiro atoms. The van der Waals surface area contributed by atoms with Crippen molar-refractivity contribution in [2.24, 2.45) is 4.99 Å². The Kier molecular flexibility index (Phi) is 6.44. The molecule has 0 saturated heterocycles. The first-order valence-electron chi connectivity index (χ1n) is 8.72. The molecule has 3 aromatic rings. The number of aryl methyl sites for hydroxylation is 2. The molecule has 6 heteroatoms. The Morgan fingerprint density at radius 3 is 2.15 bits per heavy atom. The van der Waals surface area contributed by atoms with E-state index in [2.05, 4.69) is 27.5 Å². The van der Waals surface area contributed by atoms with Crippen LogP contribution in [0, 0.1) is 13.8 Å². The summed E-state index contributed by atoms with van der Waals surface area (Å²) in [5.74, 6) is 0.631. The van der Waals surface area contributed by atoms with Gasteiger partial charge in [-0.2, -0.15) is 0 Å². The van der Waals surface area contributed by atoms with Crippen LogP contribution in [0.15, 0.2) is 71.7 Å². The summed E-state index contributed by atoms with van der Waals surface area (Å²) in [6.07, 6.45) is 2.00. The van der Waals surface area contributed by atoms with E-state index in [-0.39, 0.29) is 0 Å². The average molecular weight is 378 g/mol. The molecule has 1 N–H and O–H groups in total. The van der Waals surface area contributed by atoms with Gasteiger partial charge in [0.1, 0.15) is 0 Å². The van der Waals surface area contributed by atoms with Crippen molar-refractivity contribution < 1.29 is 0 Å². The fraction of sp³-hybridized carbons (Fsp3) is 0.190. The molecule has 0 atom stereocenters. The molecule has 0 saturated carbocycles. The van der Waals surface area contributed by atoms with Gasteiger partial charge in [0.05, 0.1) is 12.2 Å². The van der Waals surface area contributed by atoms with Crippen molar-refractivity contribution in [3.63, 3.8) is 0 Å². The van der Waals surface area contributed by atoms with Gasteiger partial charge in [-0.15, -0.1) is 0 Å². The van der Waals surface area contributed by atoms with Gasteiger partial charge in [-0.05, 0) is 43.9 Å². The lowest BCUT2D eigenvalue weighted by molar-refractivity contribution is 0.730. The Morgan fingerprint density at radius 1 is 0.963 bits per heavy atom. The monoisotopic (exact) mass is 377 g/mol. The number of rotatable bonds is 5. The van der Waals surface area contributed by atoms with Crippen LogP contribution < -0.4 is 10.4 Å². The van der Waals surface area contributed by atoms with E-state index < -0.39 is 0 Å². The first kappa shape index (κ1) is 18.9. The van der Waals surface area contributed by atoms with Gasteiger partial charge < -0.3 is 0 Å². The van der Waals surface area contributed by atoms with E-state index in [0.29, 0.717) is 12.5 Å². The second kappa shape index (κ2) is 9.19. The second-order valence-electron chi connectivity index (χ2n) is 6.09. The molecule has 138 valence electrons. The number of aliphatic imine (C=N–C) groups is 1. The number of hydrazine groups is 1. The third kappa shape index (κ3) is 5.56. The van der Waals surface area contributed by atoms with E-state index in [0.717, 1.165) is 27.8 Å². The van der Waals surface area contributed by atoms with Gasteiger partial charge in [0, 0.05) is 11.4 Å². The van der Waals surface area contributed by atoms with Crippen molar-refractivity contribution in [1.29, 1.82) is 0 Å². The molecular formula is C21H23N5S. The lowest BCUT2D eigenvalue weighted by Gasteiger charge is -2.25. The van der Waals surface area contributed by atoms with Gasteiger partial charge in [0.25, 0.3) is 0 Å². The Morgan fingerprint density at radius 2 is 1.56 bits per heavy atom. The number of aromatic nitrogens is 2. The maximum Gasteiger partial charge on any atom is 0.245 e. The Balaban J connectivity index is 1.92. The predicted molar refractivity (Wildman–Crippen MR) is 114 cm³/mol. The standard InChI is InChI=1S/C21H23N5S/c1-16-14-17(2)23-20(22-16)26(15-18-10-6-4-7-11-18)25-21(27-3)24-19-12-8-5-9-13-19/h4-14H,15H2,1-3H3,(H,24,25). The quantitative estimate of drug-likeness (QED) is 0.398. The topological polar surface area (TPSA) is 53.4 Å². The number of thioether (sulfide) groups is 1. The normalized spacial score (nSPS) is 11.3. The van der Waals surface area contributed by atoms with Crippen LogP contribution in [0.3, 0.4) is 0 Å². The summed E-state index contributed by atoms with van der Waals surface area (Å²) < 4.78 is 0. The maximum absolute atomic E-state index is 4.70. The number of nitrogens with one attached hydrogen (secondary N) is 1. The summed E-state index contributed by atoms with van der Waals surface area (Å²) in [4.78, 5) is 13.9. The highest BCUT2D eigenvalue weighted by molar-refractivity contribution is 8.13. The minimum Gasteiger partial charge on any atom is -0.273 e. The minimum atomic E-state index is 0.623. The zero-order valence-electron chi connectivity index (χ0n) is 15.8. The lowest BCUT2D eigenvalue weighted by Crippen LogP contribution is -2.42. The molecule has 0 fully saturated rings. The molecule has 27 heavy (non-hydrogen) atoms. The van der Waals surface area contributed by atoms with Gasteiger partial charge in [0.2, 0.25) is 5.95 Å². The van der Waals surface area contributed by atoms with E-state index in [4.69, 9.17) is 4.99 Å². The van der Waals surface area contributed by atoms with Crippen LogP contribution in [0.1, 0.15) is 17.0 Å². The summed E-state index contributed by atoms with van der Waals surface area (Å²) in [6, 6.07) is 22.1. The third-order valence-electron chi connectivity index (χ3n) is 3.81. The van der Waals surface area contributed by atoms with Crippen LogP contribution in [0.25, 0.3) is 0 Å². The minimum absolute atomic E-state index is 0.623. The van der Waals surface area contributed by atoms with Gasteiger partial charge in [-0.25, -0.2) is 20.0 Å². The largest absolute Gasteiger partial charge is 0.273 e. The SMILES string of the molecule is CSC(=Nc1ccccc1)NN(Cc1ccccc1)c1nc(C)cc(C)n1. The highest BCUT2D eigenvalue weighted by Gasteiger charge is 2.14. The van der Waals surface area contributed by atoms with E-state index in [1.807, 2.05) is 79.7 Å². The number of nitrogens with zero attached hydrogens (tertiary/aromatic N) is 4. The van der Waals surface area contributed by atoms with Crippen molar-refractivity contribution in [1.82, 2.24) is 15.4 Å². The van der Waals surface area contributed by atoms with Gasteiger partial charge in [0.15, 0.2) is 5.17 Å². The predicted octanol–water partition coefficient (Wildman–Crippen LogP) is 4.66. The van der Waals surface area contributed by atoms with Crippen LogP contribution in [-0.4, -0.2) is 21.4 Å². The number of hydrogen-bond acceptors (Lipinski definition) is 5. The van der Waals surface area contributed by atoms with Crippen LogP contribution in [0.4, 0.5) is 11.6 Å². The maximum atomic E-state index is 4.70. The first-order chi connectivity index (χ1) is 13.1. The summed E-state index contributed by atoms with van der Waals surface area (Å²) in [7, 11) is 0. The molecule has 0 radical (unpaired) electrons. The summed E-state index contributed by atoms with van der Waals surface area (Å²) in [5.41, 5.74) is 7.32. The molecule has 1 heterocycles. The fourth-order valence-electron chi connectivity index (χ4n) is 2.61. The summed E-state index contributed by atoms with van der Waals surface area (Å²) in [6.45, 7) is 4.58. The lowest BCUT2D eigenvalue weighted by atomic mass is 10.2. The zero-order chi connectivity index (χ0) is 19.1. The number of hydrogen-bond donors (Lipinski definition) is 1. The number of para-hydroxylation sites is 1. The van der Waals surface area contributed by atoms with E-state index in [9.17, 15) is 0 Å². The van der Waals surface area contributed by atoms with Crippen molar-refractivity contribution in [2.75, 3.05) is 11.3 Å². The Hall–Kier alpha value is -2.86. The number of benzene rings is 2. The van der Waals surface area contributed by atoms with Crippen LogP contribution in [-0.2, 0) is 6.54 Å². The summed E-state index contributed by atoms with van der Waals surface area (Å²) >= 11 is 1.55. The van der Waals surface area contributed by atoms with Crippen molar-refractivity contribution in [2.45, 2.75) is 20.4 Å². The van der Waals surface area contributed by atoms with E-state index in [1.165, 1.54) is 0 Å². The molecule has 0 unspecified atom stereocenters. The van der Waals surface area contributed by atoms with Crippen LogP contribution in [0.5, 0.6) is 0 Å². The molecule has 0 aliphatic rings. The Labute approximate surface area is 164 Å². The molecule has 0 amide bonds. The van der Waals surface area contributed by atoms with Crippen molar-refractivity contribution in [3.05, 3.63) is 83.7 Å². The van der Waals surface area contributed by atoms with Gasteiger partial charge >= 0.3 is 0 Å². The molecule has 5 nitrogen and oxygen atoms in total. The summed E-state index contributed by atoms with van der Waals surface area (Å²) in [5, 5.41) is 2.72. The van der Waals surface area contributed by atoms with Crippen LogP contribution in [0.2, 0.25) is 0 Å². The van der Waals surface area contributed by atoms with Crippen molar-refractivity contribution in [3.8, 4) is 0 Å². The van der Waals surface area contributed by atoms with Gasteiger partial charge in [-0.3, -0.25) is 5.43 Å². The van der Waals surface area contributed by atoms with Gasteiger partial charge in [-0.1, -0.05) is 60.3 Å². The first-order valence-corrected chi connectivity index (χ1v) is 9.94. The molecular weight excluding hydrogens is 354 g/mol. The molecule has 3 rings (SSSR count).